The maximum absolute atomic E-state index is 11.4. The van der Waals surface area contributed by atoms with Crippen molar-refractivity contribution in [3.63, 3.8) is 0 Å². The van der Waals surface area contributed by atoms with Gasteiger partial charge < -0.3 is 5.11 Å². The highest BCUT2D eigenvalue weighted by molar-refractivity contribution is 5.47. The first-order chi connectivity index (χ1) is 10.9. The highest BCUT2D eigenvalue weighted by Gasteiger charge is 2.61. The zero-order chi connectivity index (χ0) is 16.4. The molecule has 4 aliphatic rings. The number of fused-ring (bicyclic) bond motifs is 4. The topological polar surface area (TPSA) is 20.2 Å². The van der Waals surface area contributed by atoms with Crippen molar-refractivity contribution in [3.8, 4) is 0 Å². The van der Waals surface area contributed by atoms with Crippen molar-refractivity contribution in [3.05, 3.63) is 34.9 Å². The maximum atomic E-state index is 11.4. The molecule has 4 rings (SSSR count). The van der Waals surface area contributed by atoms with Gasteiger partial charge in [-0.05, 0) is 80.3 Å². The molecule has 4 aliphatic carbocycles. The molecule has 2 fully saturated rings. The molecule has 1 nitrogen and oxygen atoms in total. The Hall–Kier alpha value is -0.820. The highest BCUT2D eigenvalue weighted by Crippen LogP contribution is 2.65. The summed E-state index contributed by atoms with van der Waals surface area (Å²) in [7, 11) is 0. The van der Waals surface area contributed by atoms with Crippen LogP contribution in [-0.2, 0) is 0 Å². The van der Waals surface area contributed by atoms with E-state index in [1.807, 2.05) is 0 Å². The first-order valence-electron chi connectivity index (χ1n) is 9.70. The predicted molar refractivity (Wildman–Crippen MR) is 96.1 cm³/mol. The predicted octanol–water partition coefficient (Wildman–Crippen LogP) is 5.57. The third-order valence-corrected chi connectivity index (χ3v) is 8.02. The maximum Gasteiger partial charge on any atom is 0.0726 e. The molecule has 0 saturated heterocycles. The van der Waals surface area contributed by atoms with Gasteiger partial charge in [0, 0.05) is 5.41 Å². The van der Waals surface area contributed by atoms with Crippen LogP contribution in [0.5, 0.6) is 0 Å². The molecule has 0 radical (unpaired) electrons. The molecule has 4 atom stereocenters. The van der Waals surface area contributed by atoms with Gasteiger partial charge in [0.15, 0.2) is 0 Å². The second-order valence-corrected chi connectivity index (χ2v) is 9.12. The summed E-state index contributed by atoms with van der Waals surface area (Å²) in [4.78, 5) is 0. The smallest absolute Gasteiger partial charge is 0.0726 e. The molecule has 0 aromatic carbocycles. The standard InChI is InChI=1S/C22H32O/c1-14(2)22(23)12-10-20-19-8-6-16-13-15(3)5-7-17(16)18(19)9-11-21(20,22)4/h13-14,19-20,23H,3,5-12H2,1-2,4H3/t19-,20+,21+,22-/m1/s1. The summed E-state index contributed by atoms with van der Waals surface area (Å²) in [6.45, 7) is 11.0. The molecule has 0 heterocycles. The van der Waals surface area contributed by atoms with E-state index in [1.165, 1.54) is 44.1 Å². The van der Waals surface area contributed by atoms with Gasteiger partial charge in [0.05, 0.1) is 5.60 Å². The molecule has 1 heteroatoms. The lowest BCUT2D eigenvalue weighted by atomic mass is 9.53. The van der Waals surface area contributed by atoms with Crippen LogP contribution in [0.1, 0.15) is 72.1 Å². The molecule has 126 valence electrons. The molecule has 0 bridgehead atoms. The van der Waals surface area contributed by atoms with Gasteiger partial charge in [0.25, 0.3) is 0 Å². The summed E-state index contributed by atoms with van der Waals surface area (Å²) in [6.07, 6.45) is 11.9. The third-order valence-electron chi connectivity index (χ3n) is 8.02. The minimum Gasteiger partial charge on any atom is -0.389 e. The summed E-state index contributed by atoms with van der Waals surface area (Å²) in [5, 5.41) is 11.4. The van der Waals surface area contributed by atoms with Crippen LogP contribution in [0.3, 0.4) is 0 Å². The molecule has 0 spiro atoms. The summed E-state index contributed by atoms with van der Waals surface area (Å²) in [5.41, 5.74) is 6.04. The van der Waals surface area contributed by atoms with E-state index < -0.39 is 5.60 Å². The van der Waals surface area contributed by atoms with Crippen molar-refractivity contribution in [2.45, 2.75) is 77.7 Å². The van der Waals surface area contributed by atoms with E-state index in [9.17, 15) is 5.11 Å². The van der Waals surface area contributed by atoms with Crippen LogP contribution in [0, 0.1) is 23.2 Å². The fourth-order valence-electron chi connectivity index (χ4n) is 6.62. The Morgan fingerprint density at radius 2 is 1.91 bits per heavy atom. The number of hydrogen-bond donors (Lipinski definition) is 1. The van der Waals surface area contributed by atoms with Crippen LogP contribution < -0.4 is 0 Å². The lowest BCUT2D eigenvalue weighted by molar-refractivity contribution is -0.119. The van der Waals surface area contributed by atoms with Gasteiger partial charge in [-0.2, -0.15) is 0 Å². The van der Waals surface area contributed by atoms with Crippen molar-refractivity contribution in [2.75, 3.05) is 0 Å². The summed E-state index contributed by atoms with van der Waals surface area (Å²) in [6, 6.07) is 0. The lowest BCUT2D eigenvalue weighted by Gasteiger charge is -2.53. The normalized spacial score (nSPS) is 43.2. The minimum absolute atomic E-state index is 0.120. The zero-order valence-electron chi connectivity index (χ0n) is 15.1. The molecule has 0 amide bonds. The van der Waals surface area contributed by atoms with Crippen molar-refractivity contribution in [1.29, 1.82) is 0 Å². The van der Waals surface area contributed by atoms with Crippen molar-refractivity contribution < 1.29 is 5.11 Å². The average molecular weight is 312 g/mol. The van der Waals surface area contributed by atoms with E-state index in [4.69, 9.17) is 0 Å². The first-order valence-corrected chi connectivity index (χ1v) is 9.70. The Labute approximate surface area is 141 Å². The van der Waals surface area contributed by atoms with Crippen molar-refractivity contribution >= 4 is 0 Å². The van der Waals surface area contributed by atoms with Crippen molar-refractivity contribution in [2.24, 2.45) is 23.2 Å². The molecular formula is C22H32O. The fraction of sp³-hybridized carbons (Fsp3) is 0.727. The Bertz CT molecular complexity index is 607. The van der Waals surface area contributed by atoms with Gasteiger partial charge in [0.2, 0.25) is 0 Å². The van der Waals surface area contributed by atoms with E-state index >= 15 is 0 Å². The van der Waals surface area contributed by atoms with E-state index in [-0.39, 0.29) is 5.41 Å². The van der Waals surface area contributed by atoms with E-state index in [1.54, 1.807) is 16.7 Å². The van der Waals surface area contributed by atoms with Gasteiger partial charge in [-0.3, -0.25) is 0 Å². The van der Waals surface area contributed by atoms with Crippen LogP contribution in [-0.4, -0.2) is 10.7 Å². The van der Waals surface area contributed by atoms with Gasteiger partial charge in [-0.1, -0.05) is 44.6 Å². The second-order valence-electron chi connectivity index (χ2n) is 9.12. The van der Waals surface area contributed by atoms with E-state index in [0.29, 0.717) is 11.8 Å². The van der Waals surface area contributed by atoms with Crippen LogP contribution in [0.25, 0.3) is 0 Å². The molecule has 1 N–H and O–H groups in total. The summed E-state index contributed by atoms with van der Waals surface area (Å²) >= 11 is 0. The van der Waals surface area contributed by atoms with Crippen LogP contribution in [0.4, 0.5) is 0 Å². The summed E-state index contributed by atoms with van der Waals surface area (Å²) < 4.78 is 0. The highest BCUT2D eigenvalue weighted by atomic mass is 16.3. The number of rotatable bonds is 1. The summed E-state index contributed by atoms with van der Waals surface area (Å²) in [5.74, 6) is 1.79. The Morgan fingerprint density at radius 1 is 1.13 bits per heavy atom. The number of aliphatic hydroxyl groups is 1. The van der Waals surface area contributed by atoms with Crippen LogP contribution >= 0.6 is 0 Å². The third kappa shape index (κ3) is 2.02. The Balaban J connectivity index is 1.73. The van der Waals surface area contributed by atoms with E-state index in [0.717, 1.165) is 18.8 Å². The second kappa shape index (κ2) is 5.09. The zero-order valence-corrected chi connectivity index (χ0v) is 15.1. The van der Waals surface area contributed by atoms with E-state index in [2.05, 4.69) is 33.4 Å². The minimum atomic E-state index is -0.454. The molecular weight excluding hydrogens is 280 g/mol. The largest absolute Gasteiger partial charge is 0.389 e. The van der Waals surface area contributed by atoms with Crippen LogP contribution in [0.15, 0.2) is 34.9 Å². The molecule has 2 saturated carbocycles. The Morgan fingerprint density at radius 3 is 2.65 bits per heavy atom. The SMILES string of the molecule is C=C1C=C2CC[C@@H]3C(=C2CC1)CC[C@@]1(C)[C@H]3CC[C@@]1(O)C(C)C. The average Bonchev–Trinajstić information content (AvgIpc) is 2.80. The van der Waals surface area contributed by atoms with Gasteiger partial charge >= 0.3 is 0 Å². The molecule has 0 unspecified atom stereocenters. The fourth-order valence-corrected chi connectivity index (χ4v) is 6.62. The monoisotopic (exact) mass is 312 g/mol. The van der Waals surface area contributed by atoms with Gasteiger partial charge in [-0.25, -0.2) is 0 Å². The number of hydrogen-bond acceptors (Lipinski definition) is 1. The quantitative estimate of drug-likeness (QED) is 0.671. The molecule has 0 aromatic heterocycles. The molecule has 0 aliphatic heterocycles. The lowest BCUT2D eigenvalue weighted by Crippen LogP contribution is -2.52. The molecule has 0 aromatic rings. The van der Waals surface area contributed by atoms with Gasteiger partial charge in [0.1, 0.15) is 0 Å². The Kier molecular flexibility index (Phi) is 3.47. The first kappa shape index (κ1) is 15.7. The molecule has 23 heavy (non-hydrogen) atoms. The van der Waals surface area contributed by atoms with Crippen LogP contribution in [0.2, 0.25) is 0 Å². The van der Waals surface area contributed by atoms with Crippen molar-refractivity contribution in [1.82, 2.24) is 0 Å². The number of allylic oxidation sites excluding steroid dienone is 5. The van der Waals surface area contributed by atoms with Gasteiger partial charge in [-0.15, -0.1) is 0 Å².